The standard InChI is InChI=1S/C6H9N3O2/c1-9-5(2-3-8-9)7-4-6(10)11/h2-3,7H,4H2,1H3,(H,10,11). The number of carboxylic acid groups (broad SMARTS) is 1. The second-order valence-corrected chi connectivity index (χ2v) is 2.09. The Morgan fingerprint density at radius 1 is 1.91 bits per heavy atom. The van der Waals surface area contributed by atoms with Crippen LogP contribution in [0.2, 0.25) is 0 Å². The molecule has 0 aliphatic carbocycles. The van der Waals surface area contributed by atoms with Gasteiger partial charge in [-0.15, -0.1) is 0 Å². The summed E-state index contributed by atoms with van der Waals surface area (Å²) in [6, 6.07) is 1.71. The first-order valence-corrected chi connectivity index (χ1v) is 3.14. The fraction of sp³-hybridized carbons (Fsp3) is 0.333. The highest BCUT2D eigenvalue weighted by molar-refractivity contribution is 5.72. The first kappa shape index (κ1) is 7.59. The number of hydrogen-bond acceptors (Lipinski definition) is 3. The fourth-order valence-electron chi connectivity index (χ4n) is 0.714. The zero-order valence-corrected chi connectivity index (χ0v) is 6.11. The summed E-state index contributed by atoms with van der Waals surface area (Å²) in [5, 5.41) is 14.9. The summed E-state index contributed by atoms with van der Waals surface area (Å²) in [5.41, 5.74) is 0. The minimum absolute atomic E-state index is 0.0838. The Labute approximate surface area is 63.6 Å². The van der Waals surface area contributed by atoms with E-state index >= 15 is 0 Å². The maximum atomic E-state index is 10.1. The smallest absolute Gasteiger partial charge is 0.322 e. The fourth-order valence-corrected chi connectivity index (χ4v) is 0.714. The van der Waals surface area contributed by atoms with Gasteiger partial charge in [-0.1, -0.05) is 0 Å². The lowest BCUT2D eigenvalue weighted by molar-refractivity contribution is -0.134. The van der Waals surface area contributed by atoms with Crippen molar-refractivity contribution < 1.29 is 9.90 Å². The Bertz CT molecular complexity index is 256. The van der Waals surface area contributed by atoms with Crippen LogP contribution in [-0.4, -0.2) is 27.4 Å². The molecule has 0 aliphatic heterocycles. The quantitative estimate of drug-likeness (QED) is 0.640. The van der Waals surface area contributed by atoms with Crippen molar-refractivity contribution in [3.8, 4) is 0 Å². The molecular weight excluding hydrogens is 146 g/mol. The molecule has 0 fully saturated rings. The molecule has 1 aromatic heterocycles. The lowest BCUT2D eigenvalue weighted by Crippen LogP contribution is -2.14. The number of rotatable bonds is 3. The van der Waals surface area contributed by atoms with Crippen molar-refractivity contribution in [1.29, 1.82) is 0 Å². The Morgan fingerprint density at radius 3 is 3.09 bits per heavy atom. The van der Waals surface area contributed by atoms with Crippen molar-refractivity contribution >= 4 is 11.8 Å². The largest absolute Gasteiger partial charge is 0.480 e. The number of aromatic nitrogens is 2. The van der Waals surface area contributed by atoms with Gasteiger partial charge in [0.25, 0.3) is 0 Å². The first-order chi connectivity index (χ1) is 5.20. The van der Waals surface area contributed by atoms with Crippen LogP contribution in [0, 0.1) is 0 Å². The highest BCUT2D eigenvalue weighted by Crippen LogP contribution is 2.01. The summed E-state index contributed by atoms with van der Waals surface area (Å²) < 4.78 is 1.57. The molecule has 0 saturated heterocycles. The van der Waals surface area contributed by atoms with Gasteiger partial charge in [-0.3, -0.25) is 9.48 Å². The van der Waals surface area contributed by atoms with Gasteiger partial charge in [-0.25, -0.2) is 0 Å². The third-order valence-corrected chi connectivity index (χ3v) is 1.24. The summed E-state index contributed by atoms with van der Waals surface area (Å²) in [4.78, 5) is 10.1. The van der Waals surface area contributed by atoms with Crippen molar-refractivity contribution in [3.63, 3.8) is 0 Å². The van der Waals surface area contributed by atoms with Gasteiger partial charge < -0.3 is 10.4 Å². The number of aryl methyl sites for hydroxylation is 1. The summed E-state index contributed by atoms with van der Waals surface area (Å²) >= 11 is 0. The van der Waals surface area contributed by atoms with Gasteiger partial charge in [-0.05, 0) is 0 Å². The molecular formula is C6H9N3O2. The maximum Gasteiger partial charge on any atom is 0.322 e. The Kier molecular flexibility index (Phi) is 2.10. The van der Waals surface area contributed by atoms with Gasteiger partial charge in [0.2, 0.25) is 0 Å². The maximum absolute atomic E-state index is 10.1. The van der Waals surface area contributed by atoms with Crippen LogP contribution in [0.5, 0.6) is 0 Å². The second kappa shape index (κ2) is 3.05. The van der Waals surface area contributed by atoms with Gasteiger partial charge in [0.05, 0.1) is 6.20 Å². The van der Waals surface area contributed by atoms with Crippen LogP contribution in [0.4, 0.5) is 5.82 Å². The highest BCUT2D eigenvalue weighted by Gasteiger charge is 1.98. The zero-order chi connectivity index (χ0) is 8.27. The minimum Gasteiger partial charge on any atom is -0.480 e. The van der Waals surface area contributed by atoms with Crippen LogP contribution in [-0.2, 0) is 11.8 Å². The van der Waals surface area contributed by atoms with E-state index in [1.807, 2.05) is 0 Å². The molecule has 1 aromatic rings. The molecule has 60 valence electrons. The molecule has 0 radical (unpaired) electrons. The van der Waals surface area contributed by atoms with E-state index in [0.717, 1.165) is 0 Å². The van der Waals surface area contributed by atoms with Crippen molar-refractivity contribution in [3.05, 3.63) is 12.3 Å². The molecule has 5 nitrogen and oxygen atoms in total. The number of anilines is 1. The topological polar surface area (TPSA) is 67.2 Å². The van der Waals surface area contributed by atoms with Crippen LogP contribution < -0.4 is 5.32 Å². The van der Waals surface area contributed by atoms with E-state index in [0.29, 0.717) is 5.82 Å². The number of nitrogens with zero attached hydrogens (tertiary/aromatic N) is 2. The summed E-state index contributed by atoms with van der Waals surface area (Å²) in [6.45, 7) is -0.0838. The summed E-state index contributed by atoms with van der Waals surface area (Å²) in [6.07, 6.45) is 1.60. The number of aliphatic carboxylic acids is 1. The molecule has 0 aliphatic rings. The van der Waals surface area contributed by atoms with Crippen LogP contribution in [0.25, 0.3) is 0 Å². The number of hydrogen-bond donors (Lipinski definition) is 2. The first-order valence-electron chi connectivity index (χ1n) is 3.14. The van der Waals surface area contributed by atoms with Crippen molar-refractivity contribution in [2.24, 2.45) is 7.05 Å². The number of carbonyl (C=O) groups is 1. The molecule has 0 spiro atoms. The van der Waals surface area contributed by atoms with E-state index < -0.39 is 5.97 Å². The van der Waals surface area contributed by atoms with E-state index in [-0.39, 0.29) is 6.54 Å². The SMILES string of the molecule is Cn1nccc1NCC(=O)O. The Morgan fingerprint density at radius 2 is 2.64 bits per heavy atom. The summed E-state index contributed by atoms with van der Waals surface area (Å²) in [5.74, 6) is -0.182. The molecule has 0 amide bonds. The van der Waals surface area contributed by atoms with Crippen LogP contribution in [0.1, 0.15) is 0 Å². The predicted octanol–water partition coefficient (Wildman–Crippen LogP) is -0.0834. The predicted molar refractivity (Wildman–Crippen MR) is 39.3 cm³/mol. The number of carboxylic acids is 1. The third-order valence-electron chi connectivity index (χ3n) is 1.24. The third kappa shape index (κ3) is 1.96. The molecule has 1 rings (SSSR count). The molecule has 1 heterocycles. The van der Waals surface area contributed by atoms with Gasteiger partial charge >= 0.3 is 5.97 Å². The normalized spacial score (nSPS) is 9.55. The van der Waals surface area contributed by atoms with Crippen LogP contribution in [0.15, 0.2) is 12.3 Å². The van der Waals surface area contributed by atoms with E-state index in [1.54, 1.807) is 24.0 Å². The van der Waals surface area contributed by atoms with E-state index in [1.165, 1.54) is 0 Å². The molecule has 0 saturated carbocycles. The van der Waals surface area contributed by atoms with Crippen molar-refractivity contribution in [2.75, 3.05) is 11.9 Å². The van der Waals surface area contributed by atoms with E-state index in [4.69, 9.17) is 5.11 Å². The second-order valence-electron chi connectivity index (χ2n) is 2.09. The Balaban J connectivity index is 2.51. The van der Waals surface area contributed by atoms with Crippen LogP contribution >= 0.6 is 0 Å². The monoisotopic (exact) mass is 155 g/mol. The molecule has 11 heavy (non-hydrogen) atoms. The average Bonchev–Trinajstić information content (AvgIpc) is 2.31. The number of nitrogens with one attached hydrogen (secondary N) is 1. The van der Waals surface area contributed by atoms with Gasteiger partial charge in [-0.2, -0.15) is 5.10 Å². The lowest BCUT2D eigenvalue weighted by Gasteiger charge is -2.01. The summed E-state index contributed by atoms with van der Waals surface area (Å²) in [7, 11) is 1.74. The van der Waals surface area contributed by atoms with Crippen molar-refractivity contribution in [2.45, 2.75) is 0 Å². The molecule has 0 bridgehead atoms. The molecule has 5 heteroatoms. The van der Waals surface area contributed by atoms with Gasteiger partial charge in [0.15, 0.2) is 0 Å². The van der Waals surface area contributed by atoms with Gasteiger partial charge in [0.1, 0.15) is 12.4 Å². The lowest BCUT2D eigenvalue weighted by atomic mass is 10.6. The average molecular weight is 155 g/mol. The molecule has 0 aromatic carbocycles. The molecule has 2 N–H and O–H groups in total. The minimum atomic E-state index is -0.883. The van der Waals surface area contributed by atoms with E-state index in [9.17, 15) is 4.79 Å². The zero-order valence-electron chi connectivity index (χ0n) is 6.11. The highest BCUT2D eigenvalue weighted by atomic mass is 16.4. The van der Waals surface area contributed by atoms with Crippen LogP contribution in [0.3, 0.4) is 0 Å². The molecule has 0 atom stereocenters. The van der Waals surface area contributed by atoms with E-state index in [2.05, 4.69) is 10.4 Å². The molecule has 0 unspecified atom stereocenters. The Hall–Kier alpha value is -1.52. The van der Waals surface area contributed by atoms with Crippen molar-refractivity contribution in [1.82, 2.24) is 9.78 Å². The van der Waals surface area contributed by atoms with Gasteiger partial charge in [0, 0.05) is 13.1 Å².